The average Bonchev–Trinajstić information content (AvgIpc) is 3.05. The van der Waals surface area contributed by atoms with E-state index in [4.69, 9.17) is 4.42 Å². The van der Waals surface area contributed by atoms with Crippen LogP contribution in [0, 0.1) is 0 Å². The Morgan fingerprint density at radius 1 is 1.08 bits per heavy atom. The third-order valence-electron chi connectivity index (χ3n) is 4.40. The van der Waals surface area contributed by atoms with E-state index in [9.17, 15) is 13.2 Å². The lowest BCUT2D eigenvalue weighted by Gasteiger charge is -2.18. The van der Waals surface area contributed by atoms with Crippen LogP contribution in [0.4, 0.5) is 13.2 Å². The average molecular weight is 345 g/mol. The Balaban J connectivity index is 1.58. The molecule has 2 heterocycles. The summed E-state index contributed by atoms with van der Waals surface area (Å²) in [6.07, 6.45) is 3.01. The van der Waals surface area contributed by atoms with Gasteiger partial charge in [-0.25, -0.2) is 4.98 Å². The number of aromatic nitrogens is 3. The molecule has 0 bridgehead atoms. The number of alkyl halides is 3. The number of hydrogen-bond acceptors (Lipinski definition) is 4. The van der Waals surface area contributed by atoms with Crippen LogP contribution in [0.15, 0.2) is 47.3 Å². The first kappa shape index (κ1) is 15.8. The molecule has 0 radical (unpaired) electrons. The minimum absolute atomic E-state index is 0.228. The zero-order valence-electron chi connectivity index (χ0n) is 13.1. The van der Waals surface area contributed by atoms with E-state index in [0.29, 0.717) is 17.9 Å². The highest BCUT2D eigenvalue weighted by Gasteiger charge is 2.30. The molecule has 128 valence electrons. The van der Waals surface area contributed by atoms with E-state index in [2.05, 4.69) is 15.0 Å². The van der Waals surface area contributed by atoms with Crippen molar-refractivity contribution in [3.63, 3.8) is 0 Å². The zero-order chi connectivity index (χ0) is 17.4. The zero-order valence-corrected chi connectivity index (χ0v) is 13.1. The number of aryl methyl sites for hydroxylation is 1. The van der Waals surface area contributed by atoms with Crippen molar-refractivity contribution in [2.45, 2.75) is 31.4 Å². The summed E-state index contributed by atoms with van der Waals surface area (Å²) in [5.41, 5.74) is 1.62. The maximum Gasteiger partial charge on any atom is 0.416 e. The molecule has 4 nitrogen and oxygen atoms in total. The topological polar surface area (TPSA) is 51.8 Å². The molecule has 1 aromatic carbocycles. The number of halogens is 3. The smallest absolute Gasteiger partial charge is 0.416 e. The Morgan fingerprint density at radius 3 is 2.56 bits per heavy atom. The van der Waals surface area contributed by atoms with Crippen molar-refractivity contribution in [1.29, 1.82) is 0 Å². The molecular weight excluding hydrogens is 331 g/mol. The molecule has 1 aliphatic rings. The highest BCUT2D eigenvalue weighted by molar-refractivity contribution is 5.54. The van der Waals surface area contributed by atoms with Crippen LogP contribution in [0.25, 0.3) is 11.5 Å². The van der Waals surface area contributed by atoms with Gasteiger partial charge in [-0.15, -0.1) is 0 Å². The first-order chi connectivity index (χ1) is 12.0. The predicted molar refractivity (Wildman–Crippen MR) is 83.7 cm³/mol. The van der Waals surface area contributed by atoms with Crippen molar-refractivity contribution < 1.29 is 17.6 Å². The van der Waals surface area contributed by atoms with Gasteiger partial charge in [-0.3, -0.25) is 9.97 Å². The highest BCUT2D eigenvalue weighted by Crippen LogP contribution is 2.35. The third kappa shape index (κ3) is 3.14. The molecule has 1 unspecified atom stereocenters. The first-order valence-electron chi connectivity index (χ1n) is 7.93. The number of rotatable bonds is 2. The second kappa shape index (κ2) is 5.98. The summed E-state index contributed by atoms with van der Waals surface area (Å²) in [6.45, 7) is 0. The number of hydrogen-bond donors (Lipinski definition) is 0. The predicted octanol–water partition coefficient (Wildman–Crippen LogP) is 4.42. The highest BCUT2D eigenvalue weighted by atomic mass is 19.4. The van der Waals surface area contributed by atoms with Gasteiger partial charge in [0.05, 0.1) is 17.0 Å². The summed E-state index contributed by atoms with van der Waals surface area (Å²) < 4.78 is 43.8. The van der Waals surface area contributed by atoms with Gasteiger partial charge in [-0.2, -0.15) is 13.2 Å². The normalized spacial score (nSPS) is 17.3. The van der Waals surface area contributed by atoms with E-state index in [-0.39, 0.29) is 5.92 Å². The molecule has 1 aliphatic carbocycles. The van der Waals surface area contributed by atoms with Crippen LogP contribution in [-0.2, 0) is 19.0 Å². The van der Waals surface area contributed by atoms with Gasteiger partial charge in [0.2, 0.25) is 5.89 Å². The van der Waals surface area contributed by atoms with E-state index in [1.807, 2.05) is 0 Å². The second-order valence-corrected chi connectivity index (χ2v) is 6.03. The monoisotopic (exact) mass is 345 g/mol. The molecule has 0 amide bonds. The lowest BCUT2D eigenvalue weighted by atomic mass is 9.88. The molecule has 2 aromatic heterocycles. The van der Waals surface area contributed by atoms with Crippen LogP contribution < -0.4 is 0 Å². The minimum atomic E-state index is -4.35. The van der Waals surface area contributed by atoms with Crippen molar-refractivity contribution in [2.24, 2.45) is 0 Å². The Labute approximate surface area is 141 Å². The van der Waals surface area contributed by atoms with Crippen molar-refractivity contribution >= 4 is 0 Å². The lowest BCUT2D eigenvalue weighted by molar-refractivity contribution is -0.137. The molecule has 0 saturated heterocycles. The van der Waals surface area contributed by atoms with E-state index in [1.165, 1.54) is 12.1 Å². The molecule has 3 aromatic rings. The van der Waals surface area contributed by atoms with Crippen molar-refractivity contribution in [2.75, 3.05) is 0 Å². The summed E-state index contributed by atoms with van der Waals surface area (Å²) in [5.74, 6) is 1.39. The van der Waals surface area contributed by atoms with Crippen LogP contribution in [0.5, 0.6) is 0 Å². The van der Waals surface area contributed by atoms with Gasteiger partial charge < -0.3 is 4.42 Å². The summed E-state index contributed by atoms with van der Waals surface area (Å²) in [4.78, 5) is 12.9. The van der Waals surface area contributed by atoms with Crippen molar-refractivity contribution in [3.8, 4) is 11.5 Å². The number of benzene rings is 1. The maximum atomic E-state index is 12.7. The number of oxazole rings is 1. The van der Waals surface area contributed by atoms with Gasteiger partial charge >= 0.3 is 6.18 Å². The number of nitrogens with zero attached hydrogens (tertiary/aromatic N) is 3. The minimum Gasteiger partial charge on any atom is -0.441 e. The SMILES string of the molecule is FC(F)(F)c1ccc(-c2nc3c(o2)CCC(c2cnccn2)C3)cc1. The Morgan fingerprint density at radius 2 is 1.88 bits per heavy atom. The fraction of sp³-hybridized carbons (Fsp3) is 0.278. The summed E-state index contributed by atoms with van der Waals surface area (Å²) >= 11 is 0. The maximum absolute atomic E-state index is 12.7. The van der Waals surface area contributed by atoms with Crippen LogP contribution in [0.1, 0.15) is 35.1 Å². The van der Waals surface area contributed by atoms with E-state index < -0.39 is 11.7 Å². The lowest BCUT2D eigenvalue weighted by Crippen LogP contribution is -2.13. The van der Waals surface area contributed by atoms with Crippen LogP contribution in [-0.4, -0.2) is 15.0 Å². The van der Waals surface area contributed by atoms with Crippen LogP contribution >= 0.6 is 0 Å². The molecule has 0 aliphatic heterocycles. The summed E-state index contributed by atoms with van der Waals surface area (Å²) in [5, 5.41) is 0. The Kier molecular flexibility index (Phi) is 3.78. The molecule has 25 heavy (non-hydrogen) atoms. The quantitative estimate of drug-likeness (QED) is 0.690. The van der Waals surface area contributed by atoms with Crippen LogP contribution in [0.3, 0.4) is 0 Å². The van der Waals surface area contributed by atoms with Crippen LogP contribution in [0.2, 0.25) is 0 Å². The molecule has 0 N–H and O–H groups in total. The van der Waals surface area contributed by atoms with Crippen molar-refractivity contribution in [3.05, 3.63) is 65.6 Å². The van der Waals surface area contributed by atoms with Gasteiger partial charge in [0.1, 0.15) is 5.76 Å². The van der Waals surface area contributed by atoms with E-state index in [1.54, 1.807) is 18.6 Å². The van der Waals surface area contributed by atoms with E-state index in [0.717, 1.165) is 42.1 Å². The summed E-state index contributed by atoms with van der Waals surface area (Å²) in [6, 6.07) is 4.86. The molecule has 0 fully saturated rings. The van der Waals surface area contributed by atoms with Gasteiger partial charge in [-0.05, 0) is 30.7 Å². The van der Waals surface area contributed by atoms with Gasteiger partial charge in [0.25, 0.3) is 0 Å². The fourth-order valence-corrected chi connectivity index (χ4v) is 3.08. The Hall–Kier alpha value is -2.70. The van der Waals surface area contributed by atoms with E-state index >= 15 is 0 Å². The fourth-order valence-electron chi connectivity index (χ4n) is 3.08. The molecule has 4 rings (SSSR count). The first-order valence-corrected chi connectivity index (χ1v) is 7.93. The standard InChI is InChI=1S/C18H14F3N3O/c19-18(20,21)13-4-1-11(2-5-13)17-24-14-9-12(3-6-16(14)25-17)15-10-22-7-8-23-15/h1-2,4-5,7-8,10,12H,3,6,9H2. The molecule has 1 atom stereocenters. The largest absolute Gasteiger partial charge is 0.441 e. The molecular formula is C18H14F3N3O. The van der Waals surface area contributed by atoms with Gasteiger partial charge in [0, 0.05) is 42.9 Å². The second-order valence-electron chi connectivity index (χ2n) is 6.03. The number of fused-ring (bicyclic) bond motifs is 1. The van der Waals surface area contributed by atoms with Crippen molar-refractivity contribution in [1.82, 2.24) is 15.0 Å². The third-order valence-corrected chi connectivity index (χ3v) is 4.40. The Bertz CT molecular complexity index is 873. The molecule has 0 saturated carbocycles. The molecule has 0 spiro atoms. The molecule has 7 heteroatoms. The van der Waals surface area contributed by atoms with Gasteiger partial charge in [-0.1, -0.05) is 0 Å². The van der Waals surface area contributed by atoms with Gasteiger partial charge in [0.15, 0.2) is 0 Å². The summed E-state index contributed by atoms with van der Waals surface area (Å²) in [7, 11) is 0.